The fourth-order valence-electron chi connectivity index (χ4n) is 2.89. The van der Waals surface area contributed by atoms with Gasteiger partial charge in [-0.3, -0.25) is 0 Å². The van der Waals surface area contributed by atoms with E-state index in [2.05, 4.69) is 44.7 Å². The molecule has 0 unspecified atom stereocenters. The van der Waals surface area contributed by atoms with E-state index in [9.17, 15) is 0 Å². The molecule has 0 fully saturated rings. The van der Waals surface area contributed by atoms with Crippen molar-refractivity contribution >= 4 is 55.6 Å². The van der Waals surface area contributed by atoms with E-state index in [4.69, 9.17) is 11.6 Å². The Kier molecular flexibility index (Phi) is 6.42. The van der Waals surface area contributed by atoms with Gasteiger partial charge in [-0.05, 0) is 37.1 Å². The van der Waals surface area contributed by atoms with E-state index in [1.807, 2.05) is 25.3 Å². The predicted molar refractivity (Wildman–Crippen MR) is 120 cm³/mol. The Morgan fingerprint density at radius 1 is 1.39 bits per heavy atom. The maximum atomic E-state index is 15.4. The lowest BCUT2D eigenvalue weighted by Crippen LogP contribution is -2.14. The van der Waals surface area contributed by atoms with Crippen molar-refractivity contribution in [2.45, 2.75) is 12.8 Å². The molecule has 0 amide bonds. The number of hydrogen-bond acceptors (Lipinski definition) is 3. The Balaban J connectivity index is 2.04. The Labute approximate surface area is 177 Å². The third kappa shape index (κ3) is 4.23. The minimum absolute atomic E-state index is 0.289. The molecule has 0 bridgehead atoms. The van der Waals surface area contributed by atoms with E-state index < -0.39 is 5.82 Å². The van der Waals surface area contributed by atoms with Crippen LogP contribution in [0.2, 0.25) is 5.02 Å². The van der Waals surface area contributed by atoms with E-state index in [0.717, 1.165) is 17.3 Å². The van der Waals surface area contributed by atoms with Gasteiger partial charge in [0.05, 0.1) is 28.2 Å². The topological polar surface area (TPSA) is 41.9 Å². The van der Waals surface area contributed by atoms with Gasteiger partial charge in [-0.15, -0.1) is 6.58 Å². The number of hydrogen-bond donors (Lipinski definition) is 2. The van der Waals surface area contributed by atoms with Gasteiger partial charge < -0.3 is 15.2 Å². The molecule has 3 rings (SSSR count). The molecule has 2 aromatic carbocycles. The fraction of sp³-hybridized carbons (Fsp3) is 0.190. The molecule has 0 aliphatic rings. The molecule has 0 aliphatic carbocycles. The highest BCUT2D eigenvalue weighted by Gasteiger charge is 2.19. The number of nitrogens with one attached hydrogen (secondary N) is 2. The lowest BCUT2D eigenvalue weighted by atomic mass is 10.1. The van der Waals surface area contributed by atoms with Crippen LogP contribution in [0.1, 0.15) is 18.4 Å². The molecule has 28 heavy (non-hydrogen) atoms. The SMILES string of the molecule is C=CCCCNC(=C)c1cc2c(ncn2C)c(F)c1Nc1ccc(Br)cc1Cl. The summed E-state index contributed by atoms with van der Waals surface area (Å²) in [5.74, 6) is -0.443. The normalized spacial score (nSPS) is 10.9. The van der Waals surface area contributed by atoms with Crippen LogP contribution in [-0.4, -0.2) is 16.1 Å². The standard InChI is InChI=1S/C21H21BrClFN4/c1-4-5-6-9-25-13(2)15-11-18-21(26-12-28(18)3)19(24)20(15)27-17-8-7-14(22)10-16(17)23/h4,7-8,10-12,25,27H,1-2,5-6,9H2,3H3. The van der Waals surface area contributed by atoms with E-state index in [-0.39, 0.29) is 5.69 Å². The molecule has 0 saturated heterocycles. The van der Waals surface area contributed by atoms with Gasteiger partial charge in [-0.25, -0.2) is 9.37 Å². The van der Waals surface area contributed by atoms with Gasteiger partial charge in [0, 0.05) is 29.3 Å². The number of nitrogens with zero attached hydrogens (tertiary/aromatic N) is 2. The van der Waals surface area contributed by atoms with Crippen LogP contribution >= 0.6 is 27.5 Å². The van der Waals surface area contributed by atoms with Crippen molar-refractivity contribution < 1.29 is 4.39 Å². The van der Waals surface area contributed by atoms with Crippen molar-refractivity contribution in [3.05, 3.63) is 70.7 Å². The van der Waals surface area contributed by atoms with Crippen LogP contribution in [0.4, 0.5) is 15.8 Å². The summed E-state index contributed by atoms with van der Waals surface area (Å²) in [5.41, 5.74) is 3.12. The van der Waals surface area contributed by atoms with Gasteiger partial charge in [-0.1, -0.05) is 40.2 Å². The monoisotopic (exact) mass is 462 g/mol. The first-order valence-electron chi connectivity index (χ1n) is 8.82. The average molecular weight is 464 g/mol. The Bertz CT molecular complexity index is 1040. The summed E-state index contributed by atoms with van der Waals surface area (Å²) >= 11 is 9.70. The molecule has 0 spiro atoms. The van der Waals surface area contributed by atoms with Gasteiger partial charge in [0.1, 0.15) is 5.52 Å². The van der Waals surface area contributed by atoms with Crippen molar-refractivity contribution in [2.24, 2.45) is 7.05 Å². The third-order valence-electron chi connectivity index (χ3n) is 4.40. The lowest BCUT2D eigenvalue weighted by Gasteiger charge is -2.18. The number of halogens is 3. The van der Waals surface area contributed by atoms with Crippen molar-refractivity contribution in [1.82, 2.24) is 14.9 Å². The van der Waals surface area contributed by atoms with Crippen LogP contribution in [0.3, 0.4) is 0 Å². The summed E-state index contributed by atoms with van der Waals surface area (Å²) in [4.78, 5) is 4.19. The molecule has 0 saturated carbocycles. The highest BCUT2D eigenvalue weighted by Crippen LogP contribution is 2.36. The van der Waals surface area contributed by atoms with Crippen LogP contribution in [0.25, 0.3) is 16.7 Å². The number of rotatable bonds is 8. The van der Waals surface area contributed by atoms with Gasteiger partial charge in [0.25, 0.3) is 0 Å². The average Bonchev–Trinajstić information content (AvgIpc) is 3.03. The van der Waals surface area contributed by atoms with Crippen molar-refractivity contribution in [3.63, 3.8) is 0 Å². The summed E-state index contributed by atoms with van der Waals surface area (Å²) in [7, 11) is 1.83. The second-order valence-corrected chi connectivity index (χ2v) is 7.74. The zero-order valence-corrected chi connectivity index (χ0v) is 17.9. The Morgan fingerprint density at radius 2 is 2.18 bits per heavy atom. The summed E-state index contributed by atoms with van der Waals surface area (Å²) in [6.45, 7) is 8.55. The lowest BCUT2D eigenvalue weighted by molar-refractivity contribution is 0.640. The van der Waals surface area contributed by atoms with E-state index >= 15 is 4.39 Å². The zero-order valence-electron chi connectivity index (χ0n) is 15.5. The maximum Gasteiger partial charge on any atom is 0.175 e. The minimum Gasteiger partial charge on any atom is -0.385 e. The second-order valence-electron chi connectivity index (χ2n) is 6.42. The molecule has 7 heteroatoms. The van der Waals surface area contributed by atoms with E-state index in [0.29, 0.717) is 39.5 Å². The first-order valence-corrected chi connectivity index (χ1v) is 9.99. The molecule has 2 N–H and O–H groups in total. The Morgan fingerprint density at radius 3 is 2.89 bits per heavy atom. The summed E-state index contributed by atoms with van der Waals surface area (Å²) in [6, 6.07) is 7.26. The van der Waals surface area contributed by atoms with Crippen LogP contribution < -0.4 is 10.6 Å². The molecule has 146 valence electrons. The number of aromatic nitrogens is 2. The van der Waals surface area contributed by atoms with Crippen molar-refractivity contribution in [3.8, 4) is 0 Å². The molecule has 3 aromatic rings. The van der Waals surface area contributed by atoms with E-state index in [1.165, 1.54) is 0 Å². The van der Waals surface area contributed by atoms with Gasteiger partial charge in [-0.2, -0.15) is 0 Å². The first kappa shape index (κ1) is 20.4. The number of allylic oxidation sites excluding steroid dienone is 1. The Hall–Kier alpha value is -2.31. The molecule has 0 atom stereocenters. The van der Waals surface area contributed by atoms with Gasteiger partial charge in [0.2, 0.25) is 0 Å². The highest BCUT2D eigenvalue weighted by molar-refractivity contribution is 9.10. The molecule has 1 aromatic heterocycles. The van der Waals surface area contributed by atoms with Crippen LogP contribution in [0, 0.1) is 5.82 Å². The largest absolute Gasteiger partial charge is 0.385 e. The molecular weight excluding hydrogens is 443 g/mol. The van der Waals surface area contributed by atoms with Crippen molar-refractivity contribution in [1.29, 1.82) is 0 Å². The first-order chi connectivity index (χ1) is 13.4. The molecular formula is C21H21BrClFN4. The zero-order chi connectivity index (χ0) is 20.3. The molecule has 0 aliphatic heterocycles. The van der Waals surface area contributed by atoms with E-state index in [1.54, 1.807) is 23.0 Å². The molecule has 4 nitrogen and oxygen atoms in total. The number of benzene rings is 2. The number of fused-ring (bicyclic) bond motifs is 1. The number of unbranched alkanes of at least 4 members (excludes halogenated alkanes) is 1. The summed E-state index contributed by atoms with van der Waals surface area (Å²) in [5, 5.41) is 6.87. The highest BCUT2D eigenvalue weighted by atomic mass is 79.9. The molecule has 0 radical (unpaired) electrons. The predicted octanol–water partition coefficient (Wildman–Crippen LogP) is 6.40. The van der Waals surface area contributed by atoms with Crippen LogP contribution in [0.5, 0.6) is 0 Å². The number of imidazole rings is 1. The maximum absolute atomic E-state index is 15.4. The number of aryl methyl sites for hydroxylation is 1. The fourth-order valence-corrected chi connectivity index (χ4v) is 3.61. The smallest absolute Gasteiger partial charge is 0.175 e. The summed E-state index contributed by atoms with van der Waals surface area (Å²) < 4.78 is 18.0. The van der Waals surface area contributed by atoms with Crippen LogP contribution in [-0.2, 0) is 7.05 Å². The van der Waals surface area contributed by atoms with Crippen molar-refractivity contribution in [2.75, 3.05) is 11.9 Å². The number of anilines is 2. The summed E-state index contributed by atoms with van der Waals surface area (Å²) in [6.07, 6.45) is 5.28. The minimum atomic E-state index is -0.443. The van der Waals surface area contributed by atoms with Crippen LogP contribution in [0.15, 0.2) is 54.3 Å². The molecule has 1 heterocycles. The third-order valence-corrected chi connectivity index (χ3v) is 5.21. The quantitative estimate of drug-likeness (QED) is 0.300. The van der Waals surface area contributed by atoms with Gasteiger partial charge in [0.15, 0.2) is 5.82 Å². The van der Waals surface area contributed by atoms with Gasteiger partial charge >= 0.3 is 0 Å². The second kappa shape index (κ2) is 8.80.